The molecule has 0 saturated carbocycles. The Labute approximate surface area is 43.9 Å². The van der Waals surface area contributed by atoms with Gasteiger partial charge in [0.25, 0.3) is 0 Å². The monoisotopic (exact) mass is 108 g/mol. The van der Waals surface area contributed by atoms with Crippen molar-refractivity contribution in [2.45, 2.75) is 5.79 Å². The molecule has 0 radical (unpaired) electrons. The van der Waals surface area contributed by atoms with Crippen molar-refractivity contribution in [1.82, 2.24) is 0 Å². The van der Waals surface area contributed by atoms with Crippen LogP contribution in [0, 0.1) is 0 Å². The molecule has 0 aliphatic heterocycles. The van der Waals surface area contributed by atoms with E-state index in [0.29, 0.717) is 0 Å². The van der Waals surface area contributed by atoms with Gasteiger partial charge >= 0.3 is 22.1 Å². The van der Waals surface area contributed by atoms with Gasteiger partial charge in [-0.15, -0.1) is 0 Å². The normalized spacial score (nSPS) is 3.17. The van der Waals surface area contributed by atoms with Gasteiger partial charge in [-0.1, -0.05) is 0 Å². The first kappa shape index (κ1) is 16.2. The van der Waals surface area contributed by atoms with Gasteiger partial charge in [-0.3, -0.25) is 0 Å². The Bertz CT molecular complexity index is 7.51. The Kier molecular flexibility index (Phi) is 2000. The molecule has 0 unspecified atom stereocenters. The number of hydrogen-bond acceptors (Lipinski definition) is 4. The molecule has 0 aromatic carbocycles. The number of rotatable bonds is 0. The van der Waals surface area contributed by atoms with E-state index in [9.17, 15) is 0 Å². The predicted molar refractivity (Wildman–Crippen MR) is 16.9 cm³/mol. The van der Waals surface area contributed by atoms with E-state index in [1.54, 1.807) is 0 Å². The Morgan fingerprint density at radius 1 is 1.00 bits per heavy atom. The van der Waals surface area contributed by atoms with Gasteiger partial charge in [0, 0.05) is 0 Å². The average Bonchev–Trinajstić information content (AvgIpc) is 1.81. The molecule has 0 aromatic heterocycles. The summed E-state index contributed by atoms with van der Waals surface area (Å²) in [6.07, 6.45) is 0. The van der Waals surface area contributed by atoms with E-state index in [2.05, 4.69) is 16.3 Å². The van der Waals surface area contributed by atoms with Crippen LogP contribution in [-0.4, -0.2) is 26.8 Å². The van der Waals surface area contributed by atoms with Gasteiger partial charge < -0.3 is 21.0 Å². The predicted octanol–water partition coefficient (Wildman–Crippen LogP) is -2.16. The summed E-state index contributed by atoms with van der Waals surface area (Å²) in [7, 11) is 0. The van der Waals surface area contributed by atoms with Gasteiger partial charge in [0.15, 0.2) is 0 Å². The molecular formula is CH5AlO4. The molecule has 0 aliphatic rings. The molecule has 0 spiro atoms. The Morgan fingerprint density at radius 3 is 1.00 bits per heavy atom. The Morgan fingerprint density at radius 2 is 1.00 bits per heavy atom. The van der Waals surface area contributed by atoms with Crippen LogP contribution in [0.2, 0.25) is 5.79 Å². The third-order valence-electron chi connectivity index (χ3n) is 0. The topological polar surface area (TPSA) is 86.6 Å². The second-order valence-electron chi connectivity index (χ2n) is 0. The summed E-state index contributed by atoms with van der Waals surface area (Å²) in [6, 6.07) is 0. The summed E-state index contributed by atoms with van der Waals surface area (Å²) < 4.78 is 0. The SMILES string of the molecule is [CH3][Al+2].[O-]O.[O-]O. The maximum absolute atomic E-state index is 7.25. The van der Waals surface area contributed by atoms with E-state index in [1.807, 2.05) is 5.79 Å². The molecule has 6 heavy (non-hydrogen) atoms. The fourth-order valence-electron chi connectivity index (χ4n) is 0. The first-order valence-corrected chi connectivity index (χ1v) is 2.10. The molecule has 0 fully saturated rings. The summed E-state index contributed by atoms with van der Waals surface area (Å²) in [5.74, 6) is 1.92. The molecule has 36 valence electrons. The minimum Gasteiger partial charge on any atom is -0.727 e. The van der Waals surface area contributed by atoms with Gasteiger partial charge in [-0.05, 0) is 0 Å². The molecule has 0 amide bonds. The molecule has 0 heterocycles. The molecule has 0 saturated heterocycles. The Balaban J connectivity index is -0.0000000225. The largest absolute Gasteiger partial charge is 0.727 e. The van der Waals surface area contributed by atoms with Crippen LogP contribution in [0.4, 0.5) is 0 Å². The van der Waals surface area contributed by atoms with Gasteiger partial charge in [-0.25, -0.2) is 0 Å². The van der Waals surface area contributed by atoms with Crippen LogP contribution >= 0.6 is 0 Å². The molecule has 0 atom stereocenters. The van der Waals surface area contributed by atoms with Crippen molar-refractivity contribution in [3.05, 3.63) is 0 Å². The van der Waals surface area contributed by atoms with E-state index in [1.165, 1.54) is 0 Å². The fraction of sp³-hybridized carbons (Fsp3) is 1.00. The molecule has 4 nitrogen and oxygen atoms in total. The summed E-state index contributed by atoms with van der Waals surface area (Å²) in [4.78, 5) is 0. The van der Waals surface area contributed by atoms with Crippen LogP contribution in [0.25, 0.3) is 0 Å². The maximum atomic E-state index is 7.25. The third-order valence-corrected chi connectivity index (χ3v) is 0. The number of hydrogen-bond donors (Lipinski definition) is 2. The standard InChI is InChI=1S/CH3.Al.2H2O2/c;;2*1-2/h1H3;;2*1-2H/q;+2;;/p-2. The summed E-state index contributed by atoms with van der Waals surface area (Å²) in [5.41, 5.74) is 0. The van der Waals surface area contributed by atoms with E-state index in [-0.39, 0.29) is 0 Å². The quantitative estimate of drug-likeness (QED) is 0.210. The minimum atomic E-state index is 1.92. The zero-order valence-electron chi connectivity index (χ0n) is 3.29. The van der Waals surface area contributed by atoms with E-state index in [0.717, 1.165) is 0 Å². The fourth-order valence-corrected chi connectivity index (χ4v) is 0. The molecule has 5 heteroatoms. The van der Waals surface area contributed by atoms with Gasteiger partial charge in [0.05, 0.1) is 0 Å². The zero-order chi connectivity index (χ0) is 6.00. The third kappa shape index (κ3) is 358. The van der Waals surface area contributed by atoms with Crippen molar-refractivity contribution in [3.8, 4) is 0 Å². The first-order chi connectivity index (χ1) is 3.00. The van der Waals surface area contributed by atoms with Crippen LogP contribution in [0.1, 0.15) is 0 Å². The minimum absolute atomic E-state index is 1.92. The van der Waals surface area contributed by atoms with Crippen molar-refractivity contribution < 1.29 is 21.0 Å². The molecular weight excluding hydrogens is 103 g/mol. The van der Waals surface area contributed by atoms with Crippen LogP contribution < -0.4 is 10.5 Å². The second-order valence-corrected chi connectivity index (χ2v) is 0. The van der Waals surface area contributed by atoms with Gasteiger partial charge in [0.1, 0.15) is 0 Å². The van der Waals surface area contributed by atoms with E-state index in [4.69, 9.17) is 21.0 Å². The van der Waals surface area contributed by atoms with Crippen LogP contribution in [0.3, 0.4) is 0 Å². The van der Waals surface area contributed by atoms with Crippen LogP contribution in [0.15, 0.2) is 0 Å². The van der Waals surface area contributed by atoms with Crippen molar-refractivity contribution in [1.29, 1.82) is 0 Å². The molecule has 0 aromatic rings. The van der Waals surface area contributed by atoms with E-state index < -0.39 is 0 Å². The average molecular weight is 108 g/mol. The molecule has 2 N–H and O–H groups in total. The van der Waals surface area contributed by atoms with Crippen molar-refractivity contribution in [2.24, 2.45) is 0 Å². The second kappa shape index (κ2) is 740. The molecule has 0 bridgehead atoms. The van der Waals surface area contributed by atoms with Gasteiger partial charge in [0.2, 0.25) is 0 Å². The van der Waals surface area contributed by atoms with Crippen LogP contribution in [0.5, 0.6) is 0 Å². The van der Waals surface area contributed by atoms with Gasteiger partial charge in [-0.2, -0.15) is 0 Å². The van der Waals surface area contributed by atoms with E-state index >= 15 is 0 Å². The van der Waals surface area contributed by atoms with Crippen molar-refractivity contribution in [2.75, 3.05) is 0 Å². The Hall–Kier alpha value is 0.372. The summed E-state index contributed by atoms with van der Waals surface area (Å²) in [5, 5.41) is 26.0. The smallest absolute Gasteiger partial charge is 0.468 e. The molecule has 0 aliphatic carbocycles. The molecule has 0 rings (SSSR count). The summed E-state index contributed by atoms with van der Waals surface area (Å²) in [6.45, 7) is 0. The zero-order valence-corrected chi connectivity index (χ0v) is 4.44. The first-order valence-electron chi connectivity index (χ1n) is 0.942. The summed E-state index contributed by atoms with van der Waals surface area (Å²) >= 11 is 2.42. The van der Waals surface area contributed by atoms with Crippen LogP contribution in [-0.2, 0) is 0 Å². The maximum Gasteiger partial charge on any atom is -0.468 e. The van der Waals surface area contributed by atoms with Crippen molar-refractivity contribution in [3.63, 3.8) is 0 Å². The van der Waals surface area contributed by atoms with Crippen molar-refractivity contribution >= 4 is 16.3 Å².